The summed E-state index contributed by atoms with van der Waals surface area (Å²) in [6, 6.07) is 12.9. The highest BCUT2D eigenvalue weighted by molar-refractivity contribution is 5.78. The second kappa shape index (κ2) is 6.62. The van der Waals surface area contributed by atoms with Gasteiger partial charge in [-0.1, -0.05) is 18.2 Å². The van der Waals surface area contributed by atoms with E-state index in [-0.39, 0.29) is 17.0 Å². The van der Waals surface area contributed by atoms with Gasteiger partial charge < -0.3 is 17.0 Å². The predicted molar refractivity (Wildman–Crippen MR) is 73.2 cm³/mol. The number of rotatable bonds is 3. The molecule has 98 valence electrons. The third-order valence-corrected chi connectivity index (χ3v) is 3.48. The minimum Gasteiger partial charge on any atom is -1.00 e. The van der Waals surface area contributed by atoms with Gasteiger partial charge in [0.2, 0.25) is 0 Å². The first-order valence-electron chi connectivity index (χ1n) is 6.47. The van der Waals surface area contributed by atoms with Crippen molar-refractivity contribution in [3.63, 3.8) is 0 Å². The number of hydrogen-bond acceptors (Lipinski definition) is 1. The lowest BCUT2D eigenvalue weighted by Crippen LogP contribution is -3.00. The fourth-order valence-corrected chi connectivity index (χ4v) is 2.41. The van der Waals surface area contributed by atoms with E-state index in [0.29, 0.717) is 0 Å². The first-order valence-corrected chi connectivity index (χ1v) is 6.47. The number of hydrogen-bond donors (Lipinski definition) is 0. The molecule has 2 aromatic rings. The third-order valence-electron chi connectivity index (χ3n) is 3.48. The van der Waals surface area contributed by atoms with Crippen molar-refractivity contribution in [1.29, 1.82) is 0 Å². The maximum atomic E-state index is 4.05. The van der Waals surface area contributed by atoms with Gasteiger partial charge in [-0.2, -0.15) is 0 Å². The van der Waals surface area contributed by atoms with Gasteiger partial charge in [0, 0.05) is 30.8 Å². The van der Waals surface area contributed by atoms with Gasteiger partial charge in [0.15, 0.2) is 6.21 Å². The Bertz CT molecular complexity index is 564. The molecule has 2 heterocycles. The summed E-state index contributed by atoms with van der Waals surface area (Å²) in [6.45, 7) is 2.21. The van der Waals surface area contributed by atoms with Crippen LogP contribution in [-0.2, 0) is 12.8 Å². The Balaban J connectivity index is 0.00000133. The van der Waals surface area contributed by atoms with Crippen molar-refractivity contribution in [1.82, 2.24) is 4.98 Å². The van der Waals surface area contributed by atoms with Crippen molar-refractivity contribution < 1.29 is 21.6 Å². The highest BCUT2D eigenvalue weighted by Gasteiger charge is 2.14. The van der Waals surface area contributed by atoms with Crippen molar-refractivity contribution >= 4 is 6.21 Å². The van der Waals surface area contributed by atoms with E-state index in [4.69, 9.17) is 0 Å². The predicted octanol–water partition coefficient (Wildman–Crippen LogP) is -0.684. The molecule has 0 spiro atoms. The van der Waals surface area contributed by atoms with Gasteiger partial charge in [-0.05, 0) is 29.3 Å². The van der Waals surface area contributed by atoms with E-state index in [9.17, 15) is 0 Å². The van der Waals surface area contributed by atoms with Crippen LogP contribution in [-0.4, -0.2) is 28.9 Å². The Hall–Kier alpha value is -1.48. The molecule has 3 rings (SSSR count). The summed E-state index contributed by atoms with van der Waals surface area (Å²) in [6.07, 6.45) is 8.26. The molecular weight excluding hydrogens is 300 g/mol. The van der Waals surface area contributed by atoms with Gasteiger partial charge in [-0.3, -0.25) is 4.98 Å². The Morgan fingerprint density at radius 3 is 2.68 bits per heavy atom. The van der Waals surface area contributed by atoms with E-state index in [1.54, 1.807) is 0 Å². The van der Waals surface area contributed by atoms with Crippen LogP contribution in [0.2, 0.25) is 0 Å². The van der Waals surface area contributed by atoms with Crippen molar-refractivity contribution in [2.75, 3.05) is 13.1 Å². The van der Waals surface area contributed by atoms with Crippen LogP contribution in [0.25, 0.3) is 0 Å². The maximum Gasteiger partial charge on any atom is 0.170 e. The number of nitrogens with zero attached hydrogens (tertiary/aromatic N) is 2. The zero-order chi connectivity index (χ0) is 12.2. The average molecular weight is 317 g/mol. The molecule has 0 N–H and O–H groups in total. The van der Waals surface area contributed by atoms with Gasteiger partial charge in [0.25, 0.3) is 0 Å². The lowest BCUT2D eigenvalue weighted by atomic mass is 10.0. The number of fused-ring (bicyclic) bond motifs is 1. The van der Waals surface area contributed by atoms with Gasteiger partial charge in [0.1, 0.15) is 13.1 Å². The molecule has 3 heteroatoms. The van der Waals surface area contributed by atoms with Crippen molar-refractivity contribution in [3.05, 3.63) is 65.5 Å². The summed E-state index contributed by atoms with van der Waals surface area (Å²) in [5, 5.41) is 0. The van der Waals surface area contributed by atoms with Gasteiger partial charge in [-0.15, -0.1) is 0 Å². The SMILES string of the molecule is C1=[N+](CCc2ccncc2)CCc2ccccc21.[Br-]. The molecule has 1 aromatic heterocycles. The van der Waals surface area contributed by atoms with E-state index < -0.39 is 0 Å². The molecule has 2 nitrogen and oxygen atoms in total. The molecule has 0 fully saturated rings. The van der Waals surface area contributed by atoms with Crippen LogP contribution in [0.1, 0.15) is 16.7 Å². The summed E-state index contributed by atoms with van der Waals surface area (Å²) < 4.78 is 2.42. The molecule has 0 atom stereocenters. The van der Waals surface area contributed by atoms with Crippen LogP contribution in [0.5, 0.6) is 0 Å². The van der Waals surface area contributed by atoms with E-state index in [1.165, 1.54) is 16.7 Å². The maximum absolute atomic E-state index is 4.05. The average Bonchev–Trinajstić information content (AvgIpc) is 2.46. The summed E-state index contributed by atoms with van der Waals surface area (Å²) >= 11 is 0. The van der Waals surface area contributed by atoms with Crippen LogP contribution in [0.15, 0.2) is 48.8 Å². The Kier molecular flexibility index (Phi) is 4.86. The zero-order valence-corrected chi connectivity index (χ0v) is 12.4. The molecule has 0 amide bonds. The molecular formula is C16H17BrN2. The lowest BCUT2D eigenvalue weighted by Gasteiger charge is -2.12. The Labute approximate surface area is 124 Å². The van der Waals surface area contributed by atoms with Crippen molar-refractivity contribution in [3.8, 4) is 0 Å². The summed E-state index contributed by atoms with van der Waals surface area (Å²) in [4.78, 5) is 4.05. The fraction of sp³-hybridized carbons (Fsp3) is 0.250. The molecule has 0 aliphatic carbocycles. The van der Waals surface area contributed by atoms with Crippen LogP contribution < -0.4 is 17.0 Å². The molecule has 0 saturated carbocycles. The fourth-order valence-electron chi connectivity index (χ4n) is 2.41. The van der Waals surface area contributed by atoms with Crippen LogP contribution in [0.3, 0.4) is 0 Å². The summed E-state index contributed by atoms with van der Waals surface area (Å²) in [7, 11) is 0. The summed E-state index contributed by atoms with van der Waals surface area (Å²) in [5.74, 6) is 0. The van der Waals surface area contributed by atoms with Crippen molar-refractivity contribution in [2.45, 2.75) is 12.8 Å². The highest BCUT2D eigenvalue weighted by atomic mass is 79.9. The van der Waals surface area contributed by atoms with Gasteiger partial charge in [-0.25, -0.2) is 4.58 Å². The molecule has 0 unspecified atom stereocenters. The zero-order valence-electron chi connectivity index (χ0n) is 10.8. The second-order valence-electron chi connectivity index (χ2n) is 4.72. The number of benzene rings is 1. The number of pyridine rings is 1. The van der Waals surface area contributed by atoms with Gasteiger partial charge in [0.05, 0.1) is 0 Å². The largest absolute Gasteiger partial charge is 1.00 e. The molecule has 1 aromatic carbocycles. The molecule has 0 saturated heterocycles. The lowest BCUT2D eigenvalue weighted by molar-refractivity contribution is -0.523. The molecule has 1 aliphatic rings. The summed E-state index contributed by atoms with van der Waals surface area (Å²) in [5.41, 5.74) is 4.20. The molecule has 0 radical (unpaired) electrons. The molecule has 19 heavy (non-hydrogen) atoms. The van der Waals surface area contributed by atoms with E-state index in [1.807, 2.05) is 12.4 Å². The first-order chi connectivity index (χ1) is 8.92. The van der Waals surface area contributed by atoms with Crippen LogP contribution in [0.4, 0.5) is 0 Å². The number of halogens is 1. The Morgan fingerprint density at radius 2 is 1.84 bits per heavy atom. The minimum atomic E-state index is 0. The monoisotopic (exact) mass is 316 g/mol. The third kappa shape index (κ3) is 3.51. The smallest absolute Gasteiger partial charge is 0.170 e. The topological polar surface area (TPSA) is 15.9 Å². The normalized spacial score (nSPS) is 13.2. The van der Waals surface area contributed by atoms with Crippen LogP contribution in [0, 0.1) is 0 Å². The molecule has 1 aliphatic heterocycles. The van der Waals surface area contributed by atoms with Gasteiger partial charge >= 0.3 is 0 Å². The quantitative estimate of drug-likeness (QED) is 0.685. The van der Waals surface area contributed by atoms with Crippen molar-refractivity contribution in [2.24, 2.45) is 0 Å². The second-order valence-corrected chi connectivity index (χ2v) is 4.72. The van der Waals surface area contributed by atoms with E-state index in [0.717, 1.165) is 25.9 Å². The van der Waals surface area contributed by atoms with E-state index in [2.05, 4.69) is 52.2 Å². The standard InChI is InChI=1S/C16H17N2.BrH/c1-2-4-16-13-18(12-8-15(16)3-1)11-7-14-5-9-17-10-6-14;/h1-6,9-10,13H,7-8,11-12H2;1H/q+1;/p-1. The minimum absolute atomic E-state index is 0. The first kappa shape index (κ1) is 13.9. The van der Waals surface area contributed by atoms with Crippen LogP contribution >= 0.6 is 0 Å². The van der Waals surface area contributed by atoms with E-state index >= 15 is 0 Å². The Morgan fingerprint density at radius 1 is 1.05 bits per heavy atom. The number of aromatic nitrogens is 1. The highest BCUT2D eigenvalue weighted by Crippen LogP contribution is 2.11. The molecule has 0 bridgehead atoms.